The minimum Gasteiger partial charge on any atom is -0.309 e. The van der Waals surface area contributed by atoms with Gasteiger partial charge in [0.25, 0.3) is 0 Å². The standard InChI is InChI=1S/C47H91N3/c1-7-10-12-14-16-18-20-22-24-26-28-30-32-34-36-38-41-47(49(6)45-46-50(9-3)44-40-43-48(4)5)42-39-37-35-33-31-29-27-25-23-21-19-17-15-13-11-8-2/h16-19,22-25,47H,7-15,20-21,26-46H2,1-6H3/b18-16-,19-17-,24-22-,25-23-. The van der Waals surface area contributed by atoms with Gasteiger partial charge in [-0.05, 0) is 124 Å². The molecule has 0 unspecified atom stereocenters. The molecule has 0 saturated carbocycles. The molecule has 0 rings (SSSR count). The normalized spacial score (nSPS) is 12.8. The smallest absolute Gasteiger partial charge is 0.0109 e. The molecular formula is C47H91N3. The molecule has 0 aromatic carbocycles. The van der Waals surface area contributed by atoms with E-state index in [1.165, 1.54) is 193 Å². The summed E-state index contributed by atoms with van der Waals surface area (Å²) in [6, 6.07) is 0.757. The zero-order chi connectivity index (χ0) is 36.6. The lowest BCUT2D eigenvalue weighted by Crippen LogP contribution is -2.39. The Morgan fingerprint density at radius 1 is 0.380 bits per heavy atom. The molecular weight excluding hydrogens is 607 g/mol. The van der Waals surface area contributed by atoms with Crippen molar-refractivity contribution in [3.05, 3.63) is 48.6 Å². The molecule has 3 nitrogen and oxygen atoms in total. The van der Waals surface area contributed by atoms with Gasteiger partial charge in [0, 0.05) is 19.1 Å². The van der Waals surface area contributed by atoms with Crippen LogP contribution in [0.5, 0.6) is 0 Å². The third-order valence-electron chi connectivity index (χ3n) is 10.4. The Bertz CT molecular complexity index is 718. The van der Waals surface area contributed by atoms with E-state index < -0.39 is 0 Å². The van der Waals surface area contributed by atoms with Gasteiger partial charge in [-0.3, -0.25) is 0 Å². The molecule has 0 aliphatic heterocycles. The maximum Gasteiger partial charge on any atom is 0.0109 e. The Balaban J connectivity index is 4.30. The zero-order valence-electron chi connectivity index (χ0n) is 35.2. The van der Waals surface area contributed by atoms with E-state index in [-0.39, 0.29) is 0 Å². The first-order valence-electron chi connectivity index (χ1n) is 22.2. The summed E-state index contributed by atoms with van der Waals surface area (Å²) >= 11 is 0. The van der Waals surface area contributed by atoms with Crippen molar-refractivity contribution < 1.29 is 0 Å². The highest BCUT2D eigenvalue weighted by molar-refractivity contribution is 4.93. The molecule has 0 heterocycles. The minimum absolute atomic E-state index is 0.757. The highest BCUT2D eigenvalue weighted by Crippen LogP contribution is 2.19. The summed E-state index contributed by atoms with van der Waals surface area (Å²) in [4.78, 5) is 7.71. The van der Waals surface area contributed by atoms with Crippen LogP contribution in [0.25, 0.3) is 0 Å². The van der Waals surface area contributed by atoms with Crippen LogP contribution in [0.15, 0.2) is 48.6 Å². The molecule has 0 fully saturated rings. The molecule has 294 valence electrons. The van der Waals surface area contributed by atoms with Crippen molar-refractivity contribution in [1.82, 2.24) is 14.7 Å². The first-order valence-corrected chi connectivity index (χ1v) is 22.2. The van der Waals surface area contributed by atoms with E-state index in [9.17, 15) is 0 Å². The van der Waals surface area contributed by atoms with Crippen LogP contribution >= 0.6 is 0 Å². The summed E-state index contributed by atoms with van der Waals surface area (Å²) in [6.45, 7) is 12.9. The Morgan fingerprint density at radius 3 is 1.18 bits per heavy atom. The van der Waals surface area contributed by atoms with E-state index in [1.54, 1.807) is 0 Å². The summed E-state index contributed by atoms with van der Waals surface area (Å²) in [5, 5.41) is 0. The maximum atomic E-state index is 2.73. The van der Waals surface area contributed by atoms with Crippen LogP contribution in [-0.2, 0) is 0 Å². The van der Waals surface area contributed by atoms with Gasteiger partial charge in [-0.25, -0.2) is 0 Å². The summed E-state index contributed by atoms with van der Waals surface area (Å²) in [5.41, 5.74) is 0. The lowest BCUT2D eigenvalue weighted by atomic mass is 9.98. The van der Waals surface area contributed by atoms with Gasteiger partial charge in [-0.15, -0.1) is 0 Å². The molecule has 0 amide bonds. The molecule has 0 N–H and O–H groups in total. The molecule has 0 spiro atoms. The summed E-state index contributed by atoms with van der Waals surface area (Å²) in [7, 11) is 6.80. The number of nitrogens with zero attached hydrogens (tertiary/aromatic N) is 3. The van der Waals surface area contributed by atoms with Gasteiger partial charge in [0.05, 0.1) is 0 Å². The monoisotopic (exact) mass is 698 g/mol. The van der Waals surface area contributed by atoms with Crippen LogP contribution in [0.2, 0.25) is 0 Å². The Kier molecular flexibility index (Phi) is 39.7. The second kappa shape index (κ2) is 40.6. The number of hydrogen-bond acceptors (Lipinski definition) is 3. The molecule has 0 atom stereocenters. The Labute approximate surface area is 316 Å². The second-order valence-corrected chi connectivity index (χ2v) is 15.5. The van der Waals surface area contributed by atoms with Crippen molar-refractivity contribution in [3.8, 4) is 0 Å². The average molecular weight is 698 g/mol. The van der Waals surface area contributed by atoms with E-state index >= 15 is 0 Å². The van der Waals surface area contributed by atoms with Gasteiger partial charge in [0.15, 0.2) is 0 Å². The molecule has 3 heteroatoms. The van der Waals surface area contributed by atoms with E-state index in [0.717, 1.165) is 18.9 Å². The van der Waals surface area contributed by atoms with E-state index in [4.69, 9.17) is 0 Å². The predicted octanol–water partition coefficient (Wildman–Crippen LogP) is 14.0. The largest absolute Gasteiger partial charge is 0.309 e. The molecule has 0 bridgehead atoms. The highest BCUT2D eigenvalue weighted by Gasteiger charge is 2.15. The van der Waals surface area contributed by atoms with E-state index in [0.29, 0.717) is 0 Å². The molecule has 0 radical (unpaired) electrons. The van der Waals surface area contributed by atoms with Crippen LogP contribution in [0.4, 0.5) is 0 Å². The van der Waals surface area contributed by atoms with Gasteiger partial charge in [0.2, 0.25) is 0 Å². The third-order valence-corrected chi connectivity index (χ3v) is 10.4. The first kappa shape index (κ1) is 48.8. The summed E-state index contributed by atoms with van der Waals surface area (Å²) < 4.78 is 0. The van der Waals surface area contributed by atoms with Crippen molar-refractivity contribution in [2.45, 2.75) is 200 Å². The molecule has 0 aromatic rings. The Hall–Kier alpha value is -1.16. The second-order valence-electron chi connectivity index (χ2n) is 15.5. The highest BCUT2D eigenvalue weighted by atomic mass is 15.2. The van der Waals surface area contributed by atoms with Crippen LogP contribution in [-0.4, -0.2) is 74.6 Å². The summed E-state index contributed by atoms with van der Waals surface area (Å²) in [5.74, 6) is 0. The number of unbranched alkanes of at least 4 members (excludes halogenated alkanes) is 18. The van der Waals surface area contributed by atoms with Gasteiger partial charge < -0.3 is 14.7 Å². The van der Waals surface area contributed by atoms with Crippen LogP contribution in [0.3, 0.4) is 0 Å². The molecule has 0 saturated heterocycles. The van der Waals surface area contributed by atoms with Crippen molar-refractivity contribution in [2.24, 2.45) is 0 Å². The predicted molar refractivity (Wildman–Crippen MR) is 230 cm³/mol. The average Bonchev–Trinajstić information content (AvgIpc) is 3.11. The van der Waals surface area contributed by atoms with Crippen molar-refractivity contribution in [1.29, 1.82) is 0 Å². The minimum atomic E-state index is 0.757. The van der Waals surface area contributed by atoms with Crippen molar-refractivity contribution in [3.63, 3.8) is 0 Å². The molecule has 0 aromatic heterocycles. The fourth-order valence-electron chi connectivity index (χ4n) is 6.84. The maximum absolute atomic E-state index is 2.73. The van der Waals surface area contributed by atoms with Crippen LogP contribution in [0.1, 0.15) is 194 Å². The van der Waals surface area contributed by atoms with Crippen LogP contribution in [0, 0.1) is 0 Å². The van der Waals surface area contributed by atoms with Gasteiger partial charge in [-0.1, -0.05) is 159 Å². The van der Waals surface area contributed by atoms with E-state index in [1.807, 2.05) is 0 Å². The van der Waals surface area contributed by atoms with Gasteiger partial charge in [0.1, 0.15) is 0 Å². The number of hydrogen-bond donors (Lipinski definition) is 0. The Morgan fingerprint density at radius 2 is 0.780 bits per heavy atom. The number of allylic oxidation sites excluding steroid dienone is 8. The van der Waals surface area contributed by atoms with Gasteiger partial charge in [-0.2, -0.15) is 0 Å². The fourth-order valence-corrected chi connectivity index (χ4v) is 6.84. The number of rotatable bonds is 39. The van der Waals surface area contributed by atoms with Gasteiger partial charge >= 0.3 is 0 Å². The quantitative estimate of drug-likeness (QED) is 0.0468. The third kappa shape index (κ3) is 36.6. The molecule has 50 heavy (non-hydrogen) atoms. The number of likely N-dealkylation sites (N-methyl/N-ethyl adjacent to an activating group) is 2. The SMILES string of the molecule is CCCCC/C=C\C/C=C\CCCCCCCCC(CCCCCCCC/C=C\C/C=C\CCCCC)N(C)CCN(CC)CCCN(C)C. The lowest BCUT2D eigenvalue weighted by molar-refractivity contribution is 0.171. The van der Waals surface area contributed by atoms with Crippen molar-refractivity contribution >= 4 is 0 Å². The zero-order valence-corrected chi connectivity index (χ0v) is 35.2. The topological polar surface area (TPSA) is 9.72 Å². The van der Waals surface area contributed by atoms with Crippen molar-refractivity contribution in [2.75, 3.05) is 53.9 Å². The lowest BCUT2D eigenvalue weighted by Gasteiger charge is -2.31. The van der Waals surface area contributed by atoms with E-state index in [2.05, 4.69) is 105 Å². The first-order chi connectivity index (χ1) is 24.5. The fraction of sp³-hybridized carbons (Fsp3) is 0.830. The van der Waals surface area contributed by atoms with Crippen LogP contribution < -0.4 is 0 Å². The molecule has 0 aliphatic rings. The summed E-state index contributed by atoms with van der Waals surface area (Å²) in [6.07, 6.45) is 55.2. The molecule has 0 aliphatic carbocycles.